The summed E-state index contributed by atoms with van der Waals surface area (Å²) in [5, 5.41) is 0. The van der Waals surface area contributed by atoms with Gasteiger partial charge in [0, 0.05) is 16.1 Å². The first-order valence-corrected chi connectivity index (χ1v) is 6.02. The van der Waals surface area contributed by atoms with Crippen molar-refractivity contribution in [3.05, 3.63) is 26.6 Å². The lowest BCUT2D eigenvalue weighted by Crippen LogP contribution is -2.08. The van der Waals surface area contributed by atoms with E-state index in [1.54, 1.807) is 0 Å². The summed E-state index contributed by atoms with van der Waals surface area (Å²) in [4.78, 5) is 0. The Balaban J connectivity index is 3.21. The average molecular weight is 323 g/mol. The zero-order valence-corrected chi connectivity index (χ0v) is 11.4. The highest BCUT2D eigenvalue weighted by Gasteiger charge is 2.12. The molecule has 2 nitrogen and oxygen atoms in total. The number of hydrogen-bond acceptors (Lipinski definition) is 2. The lowest BCUT2D eigenvalue weighted by molar-refractivity contribution is 0.332. The predicted molar refractivity (Wildman–Crippen MR) is 65.6 cm³/mol. The molecule has 0 bridgehead atoms. The van der Waals surface area contributed by atoms with Gasteiger partial charge < -0.3 is 10.5 Å². The fraction of sp³-hybridized carbons (Fsp3) is 0.400. The maximum atomic E-state index is 5.86. The molecule has 0 radical (unpaired) electrons. The fourth-order valence-corrected chi connectivity index (χ4v) is 2.59. The highest BCUT2D eigenvalue weighted by Crippen LogP contribution is 2.35. The van der Waals surface area contributed by atoms with E-state index in [9.17, 15) is 0 Å². The van der Waals surface area contributed by atoms with Gasteiger partial charge in [-0.1, -0.05) is 15.9 Å². The van der Waals surface area contributed by atoms with Gasteiger partial charge in [-0.25, -0.2) is 0 Å². The smallest absolute Gasteiger partial charge is 0.138 e. The van der Waals surface area contributed by atoms with Crippen molar-refractivity contribution in [2.75, 3.05) is 6.61 Å². The van der Waals surface area contributed by atoms with Crippen LogP contribution in [-0.2, 0) is 0 Å². The zero-order chi connectivity index (χ0) is 10.7. The van der Waals surface area contributed by atoms with E-state index in [4.69, 9.17) is 10.5 Å². The third kappa shape index (κ3) is 2.72. The number of hydrogen-bond donors (Lipinski definition) is 1. The van der Waals surface area contributed by atoms with Crippen molar-refractivity contribution >= 4 is 31.9 Å². The van der Waals surface area contributed by atoms with Gasteiger partial charge in [0.15, 0.2) is 0 Å². The zero-order valence-electron chi connectivity index (χ0n) is 8.18. The van der Waals surface area contributed by atoms with Crippen LogP contribution < -0.4 is 10.5 Å². The first-order chi connectivity index (χ1) is 6.56. The second kappa shape index (κ2) is 5.14. The molecule has 0 saturated carbocycles. The van der Waals surface area contributed by atoms with Crippen LogP contribution in [0.3, 0.4) is 0 Å². The van der Waals surface area contributed by atoms with Crippen LogP contribution in [0.15, 0.2) is 21.1 Å². The van der Waals surface area contributed by atoms with Crippen molar-refractivity contribution in [2.45, 2.75) is 19.9 Å². The van der Waals surface area contributed by atoms with Crippen LogP contribution in [0.2, 0.25) is 0 Å². The Labute approximate surface area is 101 Å². The molecule has 2 N–H and O–H groups in total. The van der Waals surface area contributed by atoms with Crippen molar-refractivity contribution in [1.82, 2.24) is 0 Å². The summed E-state index contributed by atoms with van der Waals surface area (Å²) < 4.78 is 7.47. The van der Waals surface area contributed by atoms with Crippen LogP contribution in [0.5, 0.6) is 5.75 Å². The van der Waals surface area contributed by atoms with Gasteiger partial charge >= 0.3 is 0 Å². The Hall–Kier alpha value is -0.0600. The van der Waals surface area contributed by atoms with E-state index in [-0.39, 0.29) is 6.04 Å². The molecule has 0 aliphatic carbocycles. The van der Waals surface area contributed by atoms with Crippen LogP contribution in [0.25, 0.3) is 0 Å². The molecule has 0 amide bonds. The monoisotopic (exact) mass is 321 g/mol. The number of benzene rings is 1. The maximum absolute atomic E-state index is 5.86. The van der Waals surface area contributed by atoms with Gasteiger partial charge in [-0.3, -0.25) is 0 Å². The molecule has 1 aromatic carbocycles. The summed E-state index contributed by atoms with van der Waals surface area (Å²) >= 11 is 6.88. The number of ether oxygens (including phenoxy) is 1. The third-order valence-electron chi connectivity index (χ3n) is 1.82. The Morgan fingerprint density at radius 1 is 1.43 bits per heavy atom. The van der Waals surface area contributed by atoms with Crippen molar-refractivity contribution in [3.63, 3.8) is 0 Å². The van der Waals surface area contributed by atoms with E-state index in [1.165, 1.54) is 0 Å². The van der Waals surface area contributed by atoms with Gasteiger partial charge in [-0.15, -0.1) is 0 Å². The van der Waals surface area contributed by atoms with E-state index in [1.807, 2.05) is 26.0 Å². The van der Waals surface area contributed by atoms with E-state index in [0.29, 0.717) is 6.61 Å². The van der Waals surface area contributed by atoms with Crippen molar-refractivity contribution < 1.29 is 4.74 Å². The molecular weight excluding hydrogens is 310 g/mol. The molecule has 1 aromatic rings. The maximum Gasteiger partial charge on any atom is 0.138 e. The molecule has 0 fully saturated rings. The molecule has 0 heterocycles. The summed E-state index contributed by atoms with van der Waals surface area (Å²) in [5.74, 6) is 0.839. The molecule has 1 unspecified atom stereocenters. The summed E-state index contributed by atoms with van der Waals surface area (Å²) in [6, 6.07) is 3.91. The SMILES string of the molecule is CCOc1c(Br)cc(Br)cc1C(C)N. The second-order valence-electron chi connectivity index (χ2n) is 3.03. The highest BCUT2D eigenvalue weighted by molar-refractivity contribution is 9.11. The van der Waals surface area contributed by atoms with Gasteiger partial charge in [0.05, 0.1) is 11.1 Å². The highest BCUT2D eigenvalue weighted by atomic mass is 79.9. The minimum absolute atomic E-state index is 0.0367. The van der Waals surface area contributed by atoms with Crippen molar-refractivity contribution in [1.29, 1.82) is 0 Å². The molecule has 14 heavy (non-hydrogen) atoms. The van der Waals surface area contributed by atoms with E-state index in [0.717, 1.165) is 20.3 Å². The molecule has 78 valence electrons. The number of halogens is 2. The van der Waals surface area contributed by atoms with Gasteiger partial charge in [-0.05, 0) is 41.9 Å². The lowest BCUT2D eigenvalue weighted by atomic mass is 10.1. The van der Waals surface area contributed by atoms with Crippen LogP contribution >= 0.6 is 31.9 Å². The van der Waals surface area contributed by atoms with Gasteiger partial charge in [0.25, 0.3) is 0 Å². The Morgan fingerprint density at radius 3 is 2.57 bits per heavy atom. The number of rotatable bonds is 3. The predicted octanol–water partition coefficient (Wildman–Crippen LogP) is 3.63. The topological polar surface area (TPSA) is 35.2 Å². The van der Waals surface area contributed by atoms with E-state index >= 15 is 0 Å². The van der Waals surface area contributed by atoms with Crippen molar-refractivity contribution in [3.8, 4) is 5.75 Å². The van der Waals surface area contributed by atoms with E-state index in [2.05, 4.69) is 31.9 Å². The molecular formula is C10H13Br2NO. The molecule has 0 spiro atoms. The van der Waals surface area contributed by atoms with Gasteiger partial charge in [0.2, 0.25) is 0 Å². The Bertz CT molecular complexity index is 326. The summed E-state index contributed by atoms with van der Waals surface area (Å²) in [7, 11) is 0. The molecule has 0 aromatic heterocycles. The van der Waals surface area contributed by atoms with E-state index < -0.39 is 0 Å². The summed E-state index contributed by atoms with van der Waals surface area (Å²) in [6.45, 7) is 4.54. The molecule has 0 aliphatic rings. The molecule has 1 atom stereocenters. The summed E-state index contributed by atoms with van der Waals surface area (Å²) in [5.41, 5.74) is 6.87. The normalized spacial score (nSPS) is 12.6. The van der Waals surface area contributed by atoms with Crippen LogP contribution in [0.1, 0.15) is 25.5 Å². The Kier molecular flexibility index (Phi) is 4.41. The van der Waals surface area contributed by atoms with Gasteiger partial charge in [-0.2, -0.15) is 0 Å². The standard InChI is InChI=1S/C10H13Br2NO/c1-3-14-10-8(6(2)13)4-7(11)5-9(10)12/h4-6H,3,13H2,1-2H3. The first-order valence-electron chi connectivity index (χ1n) is 4.43. The molecule has 0 aliphatic heterocycles. The van der Waals surface area contributed by atoms with Crippen LogP contribution in [-0.4, -0.2) is 6.61 Å². The van der Waals surface area contributed by atoms with Crippen molar-refractivity contribution in [2.24, 2.45) is 5.73 Å². The second-order valence-corrected chi connectivity index (χ2v) is 4.80. The number of nitrogens with two attached hydrogens (primary N) is 1. The fourth-order valence-electron chi connectivity index (χ4n) is 1.22. The minimum atomic E-state index is -0.0367. The molecule has 1 rings (SSSR count). The van der Waals surface area contributed by atoms with Crippen LogP contribution in [0, 0.1) is 0 Å². The van der Waals surface area contributed by atoms with Gasteiger partial charge in [0.1, 0.15) is 5.75 Å². The largest absolute Gasteiger partial charge is 0.492 e. The first kappa shape index (κ1) is 12.0. The average Bonchev–Trinajstić information content (AvgIpc) is 2.09. The minimum Gasteiger partial charge on any atom is -0.492 e. The molecule has 4 heteroatoms. The summed E-state index contributed by atoms with van der Waals surface area (Å²) in [6.07, 6.45) is 0. The lowest BCUT2D eigenvalue weighted by Gasteiger charge is -2.15. The quantitative estimate of drug-likeness (QED) is 0.922. The van der Waals surface area contributed by atoms with Crippen LogP contribution in [0.4, 0.5) is 0 Å². The third-order valence-corrected chi connectivity index (χ3v) is 2.86. The molecule has 0 saturated heterocycles. The Morgan fingerprint density at radius 2 is 2.07 bits per heavy atom.